The highest BCUT2D eigenvalue weighted by Gasteiger charge is 2.25. The van der Waals surface area contributed by atoms with E-state index in [0.29, 0.717) is 17.4 Å². The highest BCUT2D eigenvalue weighted by Crippen LogP contribution is 2.19. The summed E-state index contributed by atoms with van der Waals surface area (Å²) in [5.74, 6) is -1.98. The van der Waals surface area contributed by atoms with Crippen molar-refractivity contribution in [3.63, 3.8) is 0 Å². The fourth-order valence-electron chi connectivity index (χ4n) is 10.9. The molecule has 0 aliphatic carbocycles. The number of nitrogens with zero attached hydrogens (tertiary/aromatic N) is 1. The second kappa shape index (κ2) is 70.3. The number of carboxylic acid groups (broad SMARTS) is 1. The summed E-state index contributed by atoms with van der Waals surface area (Å²) in [6.07, 6.45) is 92.9. The third-order valence-electron chi connectivity index (χ3n) is 16.7. The molecule has 0 amide bonds. The second-order valence-corrected chi connectivity index (χ2v) is 26.6. The van der Waals surface area contributed by atoms with Crippen molar-refractivity contribution in [2.75, 3.05) is 47.5 Å². The van der Waals surface area contributed by atoms with E-state index in [1.165, 1.54) is 238 Å². The van der Waals surface area contributed by atoms with E-state index in [0.717, 1.165) is 83.5 Å². The van der Waals surface area contributed by atoms with Gasteiger partial charge in [-0.05, 0) is 70.6 Å². The minimum Gasteiger partial charge on any atom is -0.477 e. The Morgan fingerprint density at radius 1 is 0.348 bits per heavy atom. The molecule has 9 nitrogen and oxygen atoms in total. The van der Waals surface area contributed by atoms with Crippen molar-refractivity contribution in [1.82, 2.24) is 0 Å². The number of allylic oxidation sites excluding steroid dienone is 14. The van der Waals surface area contributed by atoms with Gasteiger partial charge in [0.25, 0.3) is 6.29 Å². The van der Waals surface area contributed by atoms with Gasteiger partial charge in [0.15, 0.2) is 6.10 Å². The van der Waals surface area contributed by atoms with Crippen LogP contribution in [-0.4, -0.2) is 87.4 Å². The van der Waals surface area contributed by atoms with Crippen LogP contribution in [0.1, 0.15) is 348 Å². The van der Waals surface area contributed by atoms with Crippen molar-refractivity contribution >= 4 is 17.9 Å². The van der Waals surface area contributed by atoms with Gasteiger partial charge in [-0.2, -0.15) is 0 Å². The van der Waals surface area contributed by atoms with Crippen LogP contribution in [0.5, 0.6) is 0 Å². The summed E-state index contributed by atoms with van der Waals surface area (Å²) in [5, 5.41) is 9.76. The van der Waals surface area contributed by atoms with Gasteiger partial charge in [-0.3, -0.25) is 9.59 Å². The first-order valence-corrected chi connectivity index (χ1v) is 37.8. The maximum Gasteiger partial charge on any atom is 0.361 e. The van der Waals surface area contributed by atoms with E-state index in [4.69, 9.17) is 18.9 Å². The largest absolute Gasteiger partial charge is 0.477 e. The van der Waals surface area contributed by atoms with Crippen LogP contribution in [0, 0.1) is 0 Å². The molecule has 9 heteroatoms. The predicted molar refractivity (Wildman–Crippen MR) is 382 cm³/mol. The van der Waals surface area contributed by atoms with Crippen LogP contribution >= 0.6 is 0 Å². The van der Waals surface area contributed by atoms with Gasteiger partial charge < -0.3 is 28.5 Å². The first-order valence-electron chi connectivity index (χ1n) is 37.8. The van der Waals surface area contributed by atoms with Crippen molar-refractivity contribution in [1.29, 1.82) is 0 Å². The summed E-state index contributed by atoms with van der Waals surface area (Å²) >= 11 is 0. The lowest BCUT2D eigenvalue weighted by Crippen LogP contribution is -2.40. The summed E-state index contributed by atoms with van der Waals surface area (Å²) in [6.45, 7) is 4.82. The molecular formula is C80H144NO8+. The third-order valence-corrected chi connectivity index (χ3v) is 16.7. The van der Waals surface area contributed by atoms with Crippen LogP contribution in [0.25, 0.3) is 0 Å². The van der Waals surface area contributed by atoms with Crippen LogP contribution in [0.4, 0.5) is 0 Å². The van der Waals surface area contributed by atoms with Gasteiger partial charge >= 0.3 is 17.9 Å². The van der Waals surface area contributed by atoms with Gasteiger partial charge in [0.2, 0.25) is 0 Å². The van der Waals surface area contributed by atoms with Crippen LogP contribution in [-0.2, 0) is 33.3 Å². The molecule has 2 atom stereocenters. The Labute approximate surface area is 550 Å². The zero-order valence-electron chi connectivity index (χ0n) is 59.1. The van der Waals surface area contributed by atoms with Crippen molar-refractivity contribution in [3.05, 3.63) is 85.1 Å². The molecule has 1 N–H and O–H groups in total. The fourth-order valence-corrected chi connectivity index (χ4v) is 10.9. The molecule has 0 spiro atoms. The first-order chi connectivity index (χ1) is 43.6. The number of carboxylic acids is 1. The van der Waals surface area contributed by atoms with Gasteiger partial charge in [-0.1, -0.05) is 349 Å². The number of rotatable bonds is 70. The Balaban J connectivity index is 4.05. The van der Waals surface area contributed by atoms with E-state index >= 15 is 0 Å². The van der Waals surface area contributed by atoms with Crippen molar-refractivity contribution in [2.45, 2.75) is 360 Å². The zero-order valence-corrected chi connectivity index (χ0v) is 59.1. The quantitative estimate of drug-likeness (QED) is 0.0211. The summed E-state index contributed by atoms with van der Waals surface area (Å²) in [5.41, 5.74) is 0. The van der Waals surface area contributed by atoms with E-state index < -0.39 is 24.3 Å². The Hall–Kier alpha value is -3.53. The minimum atomic E-state index is -1.51. The van der Waals surface area contributed by atoms with Crippen molar-refractivity contribution in [2.24, 2.45) is 0 Å². The lowest BCUT2D eigenvalue weighted by Gasteiger charge is -2.25. The molecule has 0 saturated carbocycles. The van der Waals surface area contributed by atoms with Crippen molar-refractivity contribution in [3.8, 4) is 0 Å². The van der Waals surface area contributed by atoms with Gasteiger partial charge in [-0.25, -0.2) is 4.79 Å². The minimum absolute atomic E-state index is 0.180. The molecule has 516 valence electrons. The molecule has 89 heavy (non-hydrogen) atoms. The highest BCUT2D eigenvalue weighted by molar-refractivity contribution is 5.71. The summed E-state index contributed by atoms with van der Waals surface area (Å²) in [7, 11) is 5.99. The zero-order chi connectivity index (χ0) is 64.7. The summed E-state index contributed by atoms with van der Waals surface area (Å²) < 4.78 is 23.0. The molecule has 0 saturated heterocycles. The van der Waals surface area contributed by atoms with Crippen LogP contribution in [0.15, 0.2) is 85.1 Å². The topological polar surface area (TPSA) is 108 Å². The summed E-state index contributed by atoms with van der Waals surface area (Å²) in [4.78, 5) is 37.7. The van der Waals surface area contributed by atoms with E-state index in [1.54, 1.807) is 0 Å². The van der Waals surface area contributed by atoms with Crippen LogP contribution < -0.4 is 0 Å². The average molecular weight is 1250 g/mol. The number of hydrogen-bond donors (Lipinski definition) is 1. The number of quaternary nitrogens is 1. The number of aliphatic carboxylic acids is 1. The normalized spacial score (nSPS) is 13.1. The molecule has 0 bridgehead atoms. The molecular weight excluding hydrogens is 1100 g/mol. The Morgan fingerprint density at radius 2 is 0.640 bits per heavy atom. The molecule has 0 aromatic carbocycles. The Bertz CT molecular complexity index is 1740. The number of unbranched alkanes of at least 4 members (excludes halogenated alkanes) is 41. The Kier molecular flexibility index (Phi) is 67.6. The van der Waals surface area contributed by atoms with Gasteiger partial charge in [0, 0.05) is 12.8 Å². The number of esters is 2. The molecule has 0 radical (unpaired) electrons. The van der Waals surface area contributed by atoms with E-state index in [2.05, 4.69) is 98.9 Å². The smallest absolute Gasteiger partial charge is 0.361 e. The molecule has 2 unspecified atom stereocenters. The number of carbonyl (C=O) groups excluding carboxylic acids is 2. The Morgan fingerprint density at radius 3 is 0.955 bits per heavy atom. The van der Waals surface area contributed by atoms with Gasteiger partial charge in [0.1, 0.15) is 13.2 Å². The SMILES string of the molecule is CC/C=C\C/C=C\C/C=C\C/C=C\C/C=C\C/C=C\C/C=C\CCCCCCCCCCCCCCCCCC(=O)OC(COC(=O)CCCCCCCCCCCCCCCCCCCCCCCCCCCCC)COC(OCC[N+](C)(C)C)C(=O)O. The summed E-state index contributed by atoms with van der Waals surface area (Å²) in [6, 6.07) is 0. The maximum atomic E-state index is 13.0. The lowest BCUT2D eigenvalue weighted by molar-refractivity contribution is -0.870. The van der Waals surface area contributed by atoms with E-state index in [9.17, 15) is 19.5 Å². The lowest BCUT2D eigenvalue weighted by atomic mass is 10.0. The number of carbonyl (C=O) groups is 3. The van der Waals surface area contributed by atoms with Crippen LogP contribution in [0.2, 0.25) is 0 Å². The molecule has 0 aliphatic rings. The van der Waals surface area contributed by atoms with E-state index in [-0.39, 0.29) is 32.2 Å². The molecule has 0 aromatic heterocycles. The number of hydrogen-bond acceptors (Lipinski definition) is 7. The monoisotopic (exact) mass is 1250 g/mol. The molecule has 0 aliphatic heterocycles. The fraction of sp³-hybridized carbons (Fsp3) is 0.787. The highest BCUT2D eigenvalue weighted by atomic mass is 16.7. The van der Waals surface area contributed by atoms with Gasteiger partial charge in [0.05, 0.1) is 34.4 Å². The molecule has 0 fully saturated rings. The van der Waals surface area contributed by atoms with E-state index in [1.807, 2.05) is 21.1 Å². The van der Waals surface area contributed by atoms with Crippen molar-refractivity contribution < 1.29 is 42.9 Å². The average Bonchev–Trinajstić information content (AvgIpc) is 3.70. The number of likely N-dealkylation sites (N-methyl/N-ethyl adjacent to an activating group) is 1. The molecule has 0 heterocycles. The standard InChI is InChI=1S/C80H143NO8/c1-6-8-10-12-14-16-18-20-22-24-26-28-30-32-34-35-36-37-38-39-40-41-42-43-45-47-49-51-53-55-57-59-61-63-65-67-69-71-78(83)89-76(75-88-80(79(84)85)86-73-72-81(3,4)5)74-87-77(82)70-68-66-64-62-60-58-56-54-52-50-48-46-44-33-31-29-27-25-23-21-19-17-15-13-11-9-7-2/h8,10,14,16,20,22,26,28,32,34,36-37,39-40,76,80H,6-7,9,11-13,15,17-19,21,23-25,27,29-31,33,35,38,41-75H2,1-5H3/p+1/b10-8-,16-14-,22-20-,28-26-,34-32-,37-36-,40-39-. The van der Waals surface area contributed by atoms with Gasteiger partial charge in [-0.15, -0.1) is 0 Å². The third kappa shape index (κ3) is 71.8. The second-order valence-electron chi connectivity index (χ2n) is 26.6. The molecule has 0 aromatic rings. The molecule has 0 rings (SSSR count). The first kappa shape index (κ1) is 85.5. The van der Waals surface area contributed by atoms with Crippen LogP contribution in [0.3, 0.4) is 0 Å². The predicted octanol–water partition coefficient (Wildman–Crippen LogP) is 23.8. The maximum absolute atomic E-state index is 13.0. The number of ether oxygens (including phenoxy) is 4.